The Morgan fingerprint density at radius 3 is 2.85 bits per heavy atom. The van der Waals surface area contributed by atoms with E-state index >= 15 is 0 Å². The SMILES string of the molecule is C#CCOCC(=O)N1CCNCC1. The number of hydrogen-bond acceptors (Lipinski definition) is 3. The second-order valence-corrected chi connectivity index (χ2v) is 2.83. The molecule has 0 atom stereocenters. The average molecular weight is 182 g/mol. The van der Waals surface area contributed by atoms with Crippen molar-refractivity contribution >= 4 is 5.91 Å². The summed E-state index contributed by atoms with van der Waals surface area (Å²) in [5.74, 6) is 2.35. The third kappa shape index (κ3) is 3.45. The molecule has 13 heavy (non-hydrogen) atoms. The number of nitrogens with zero attached hydrogens (tertiary/aromatic N) is 1. The molecule has 1 heterocycles. The van der Waals surface area contributed by atoms with Crippen molar-refractivity contribution in [1.82, 2.24) is 10.2 Å². The number of carbonyl (C=O) groups is 1. The van der Waals surface area contributed by atoms with E-state index in [9.17, 15) is 4.79 Å². The molecule has 1 fully saturated rings. The lowest BCUT2D eigenvalue weighted by atomic mass is 10.3. The molecule has 1 saturated heterocycles. The molecule has 0 spiro atoms. The Bertz CT molecular complexity index is 204. The van der Waals surface area contributed by atoms with Crippen LogP contribution in [-0.2, 0) is 9.53 Å². The van der Waals surface area contributed by atoms with E-state index in [4.69, 9.17) is 11.2 Å². The maximum atomic E-state index is 11.4. The minimum Gasteiger partial charge on any atom is -0.359 e. The first-order valence-corrected chi connectivity index (χ1v) is 4.34. The van der Waals surface area contributed by atoms with E-state index in [2.05, 4.69) is 11.2 Å². The van der Waals surface area contributed by atoms with Crippen molar-refractivity contribution in [3.8, 4) is 12.3 Å². The molecule has 72 valence electrons. The number of ether oxygens (including phenoxy) is 1. The predicted octanol–water partition coefficient (Wildman–Crippen LogP) is -0.932. The zero-order chi connectivity index (χ0) is 9.52. The molecule has 1 rings (SSSR count). The smallest absolute Gasteiger partial charge is 0.248 e. The summed E-state index contributed by atoms with van der Waals surface area (Å²) >= 11 is 0. The van der Waals surface area contributed by atoms with Crippen LogP contribution in [0.25, 0.3) is 0 Å². The highest BCUT2D eigenvalue weighted by Crippen LogP contribution is 1.93. The van der Waals surface area contributed by atoms with Gasteiger partial charge in [0, 0.05) is 26.2 Å². The first-order valence-electron chi connectivity index (χ1n) is 4.34. The van der Waals surface area contributed by atoms with Gasteiger partial charge >= 0.3 is 0 Å². The molecule has 1 N–H and O–H groups in total. The normalized spacial score (nSPS) is 16.7. The summed E-state index contributed by atoms with van der Waals surface area (Å²) in [6.07, 6.45) is 4.98. The maximum absolute atomic E-state index is 11.4. The molecular formula is C9H14N2O2. The zero-order valence-electron chi connectivity index (χ0n) is 7.58. The molecule has 0 aromatic carbocycles. The van der Waals surface area contributed by atoms with Crippen molar-refractivity contribution in [3.63, 3.8) is 0 Å². The van der Waals surface area contributed by atoms with Crippen molar-refractivity contribution in [2.45, 2.75) is 0 Å². The van der Waals surface area contributed by atoms with Gasteiger partial charge < -0.3 is 15.0 Å². The van der Waals surface area contributed by atoms with E-state index in [1.807, 2.05) is 0 Å². The molecule has 0 aliphatic carbocycles. The number of piperazine rings is 1. The van der Waals surface area contributed by atoms with Gasteiger partial charge in [0.1, 0.15) is 13.2 Å². The number of amides is 1. The summed E-state index contributed by atoms with van der Waals surface area (Å²) in [6, 6.07) is 0. The molecule has 0 saturated carbocycles. The number of hydrogen-bond donors (Lipinski definition) is 1. The quantitative estimate of drug-likeness (QED) is 0.453. The molecule has 1 aliphatic heterocycles. The Morgan fingerprint density at radius 1 is 1.54 bits per heavy atom. The highest BCUT2D eigenvalue weighted by atomic mass is 16.5. The highest BCUT2D eigenvalue weighted by Gasteiger charge is 2.15. The van der Waals surface area contributed by atoms with E-state index in [0.717, 1.165) is 26.2 Å². The summed E-state index contributed by atoms with van der Waals surface area (Å²) in [5.41, 5.74) is 0. The van der Waals surface area contributed by atoms with Gasteiger partial charge in [-0.3, -0.25) is 4.79 Å². The molecule has 0 aromatic rings. The van der Waals surface area contributed by atoms with Crippen LogP contribution < -0.4 is 5.32 Å². The molecule has 1 amide bonds. The fourth-order valence-corrected chi connectivity index (χ4v) is 1.20. The Hall–Kier alpha value is -1.05. The lowest BCUT2D eigenvalue weighted by molar-refractivity contribution is -0.136. The van der Waals surface area contributed by atoms with Crippen LogP contribution in [0.2, 0.25) is 0 Å². The van der Waals surface area contributed by atoms with Crippen LogP contribution in [0.15, 0.2) is 0 Å². The Kier molecular flexibility index (Phi) is 4.30. The minimum absolute atomic E-state index is 0.0248. The number of nitrogens with one attached hydrogen (secondary N) is 1. The van der Waals surface area contributed by atoms with Crippen molar-refractivity contribution in [2.75, 3.05) is 39.4 Å². The van der Waals surface area contributed by atoms with E-state index in [1.54, 1.807) is 4.90 Å². The van der Waals surface area contributed by atoms with Crippen LogP contribution in [-0.4, -0.2) is 50.2 Å². The fraction of sp³-hybridized carbons (Fsp3) is 0.667. The standard InChI is InChI=1S/C9H14N2O2/c1-2-7-13-8-9(12)11-5-3-10-4-6-11/h1,10H,3-8H2. The predicted molar refractivity (Wildman–Crippen MR) is 49.1 cm³/mol. The largest absolute Gasteiger partial charge is 0.359 e. The first kappa shape index (κ1) is 10.0. The Balaban J connectivity index is 2.18. The van der Waals surface area contributed by atoms with E-state index in [1.165, 1.54) is 0 Å². The molecule has 0 radical (unpaired) electrons. The van der Waals surface area contributed by atoms with Gasteiger partial charge in [-0.2, -0.15) is 0 Å². The van der Waals surface area contributed by atoms with Crippen LogP contribution in [0, 0.1) is 12.3 Å². The van der Waals surface area contributed by atoms with Gasteiger partial charge in [-0.1, -0.05) is 5.92 Å². The second-order valence-electron chi connectivity index (χ2n) is 2.83. The third-order valence-electron chi connectivity index (χ3n) is 1.88. The molecule has 0 aromatic heterocycles. The van der Waals surface area contributed by atoms with Gasteiger partial charge in [0.05, 0.1) is 0 Å². The van der Waals surface area contributed by atoms with E-state index in [0.29, 0.717) is 0 Å². The Morgan fingerprint density at radius 2 is 2.23 bits per heavy atom. The van der Waals surface area contributed by atoms with Crippen LogP contribution in [0.1, 0.15) is 0 Å². The zero-order valence-corrected chi connectivity index (χ0v) is 7.58. The summed E-state index contributed by atoms with van der Waals surface area (Å²) in [7, 11) is 0. The molecule has 4 heteroatoms. The summed E-state index contributed by atoms with van der Waals surface area (Å²) < 4.78 is 4.95. The van der Waals surface area contributed by atoms with E-state index < -0.39 is 0 Å². The average Bonchev–Trinajstić information content (AvgIpc) is 2.19. The van der Waals surface area contributed by atoms with Crippen molar-refractivity contribution in [2.24, 2.45) is 0 Å². The Labute approximate surface area is 78.2 Å². The van der Waals surface area contributed by atoms with Crippen LogP contribution in [0.5, 0.6) is 0 Å². The first-order chi connectivity index (χ1) is 6.34. The summed E-state index contributed by atoms with van der Waals surface area (Å²) in [4.78, 5) is 13.2. The van der Waals surface area contributed by atoms with Gasteiger partial charge in [0.2, 0.25) is 5.91 Å². The van der Waals surface area contributed by atoms with Gasteiger partial charge in [0.15, 0.2) is 0 Å². The van der Waals surface area contributed by atoms with Crippen LogP contribution in [0.4, 0.5) is 0 Å². The molecule has 4 nitrogen and oxygen atoms in total. The second kappa shape index (κ2) is 5.57. The third-order valence-corrected chi connectivity index (χ3v) is 1.88. The van der Waals surface area contributed by atoms with Crippen LogP contribution >= 0.6 is 0 Å². The van der Waals surface area contributed by atoms with Crippen molar-refractivity contribution in [3.05, 3.63) is 0 Å². The van der Waals surface area contributed by atoms with E-state index in [-0.39, 0.29) is 19.1 Å². The lowest BCUT2D eigenvalue weighted by Gasteiger charge is -2.27. The van der Waals surface area contributed by atoms with Gasteiger partial charge in [-0.15, -0.1) is 6.42 Å². The topological polar surface area (TPSA) is 41.6 Å². The number of carbonyl (C=O) groups excluding carboxylic acids is 1. The van der Waals surface area contributed by atoms with Crippen LogP contribution in [0.3, 0.4) is 0 Å². The van der Waals surface area contributed by atoms with Crippen molar-refractivity contribution in [1.29, 1.82) is 0 Å². The summed E-state index contributed by atoms with van der Waals surface area (Å²) in [5, 5.41) is 3.17. The lowest BCUT2D eigenvalue weighted by Crippen LogP contribution is -2.47. The van der Waals surface area contributed by atoms with Gasteiger partial charge in [-0.25, -0.2) is 0 Å². The summed E-state index contributed by atoms with van der Waals surface area (Å²) in [6.45, 7) is 3.56. The molecule has 0 bridgehead atoms. The maximum Gasteiger partial charge on any atom is 0.248 e. The van der Waals surface area contributed by atoms with Crippen molar-refractivity contribution < 1.29 is 9.53 Å². The monoisotopic (exact) mass is 182 g/mol. The number of terminal acetylenes is 1. The molecule has 0 unspecified atom stereocenters. The molecule has 1 aliphatic rings. The number of rotatable bonds is 3. The fourth-order valence-electron chi connectivity index (χ4n) is 1.20. The highest BCUT2D eigenvalue weighted by molar-refractivity contribution is 5.77. The van der Waals surface area contributed by atoms with Gasteiger partial charge in [0.25, 0.3) is 0 Å². The molecular weight excluding hydrogens is 168 g/mol. The van der Waals surface area contributed by atoms with Gasteiger partial charge in [-0.05, 0) is 0 Å². The minimum atomic E-state index is 0.0248.